The maximum absolute atomic E-state index is 12.8. The molecular weight excluding hydrogens is 406 g/mol. The molecule has 8 heteroatoms. The van der Waals surface area contributed by atoms with Crippen LogP contribution in [0.25, 0.3) is 10.9 Å². The Balaban J connectivity index is 1.56. The standard InChI is InChI=1S/C22H14ClN3O4/c23-18-13-16(26(28)29)9-10-20(18)30-17-7-1-5-15(12-17)22(27)25-19-8-2-4-14-6-3-11-24-21(14)19/h1-13H,(H,25,27). The summed E-state index contributed by atoms with van der Waals surface area (Å²) < 4.78 is 5.71. The Hall–Kier alpha value is -3.97. The van der Waals surface area contributed by atoms with Crippen LogP contribution >= 0.6 is 11.6 Å². The van der Waals surface area contributed by atoms with Crippen LogP contribution in [-0.4, -0.2) is 15.8 Å². The number of anilines is 1. The molecule has 1 amide bonds. The summed E-state index contributed by atoms with van der Waals surface area (Å²) in [6.07, 6.45) is 1.67. The maximum Gasteiger partial charge on any atom is 0.271 e. The van der Waals surface area contributed by atoms with Gasteiger partial charge in [-0.25, -0.2) is 0 Å². The molecule has 0 aliphatic carbocycles. The highest BCUT2D eigenvalue weighted by Gasteiger charge is 2.13. The second-order valence-electron chi connectivity index (χ2n) is 6.34. The van der Waals surface area contributed by atoms with Gasteiger partial charge >= 0.3 is 0 Å². The molecule has 0 radical (unpaired) electrons. The molecule has 0 saturated heterocycles. The summed E-state index contributed by atoms with van der Waals surface area (Å²) in [5.74, 6) is 0.293. The number of ether oxygens (including phenoxy) is 1. The van der Waals surface area contributed by atoms with E-state index < -0.39 is 4.92 Å². The van der Waals surface area contributed by atoms with Gasteiger partial charge in [-0.15, -0.1) is 0 Å². The zero-order valence-corrected chi connectivity index (χ0v) is 16.2. The Morgan fingerprint density at radius 3 is 2.63 bits per heavy atom. The van der Waals surface area contributed by atoms with Crippen LogP contribution in [-0.2, 0) is 0 Å². The van der Waals surface area contributed by atoms with Gasteiger partial charge in [-0.1, -0.05) is 35.9 Å². The number of carbonyl (C=O) groups is 1. The minimum Gasteiger partial charge on any atom is -0.456 e. The third-order valence-corrected chi connectivity index (χ3v) is 4.63. The average Bonchev–Trinajstić information content (AvgIpc) is 2.75. The highest BCUT2D eigenvalue weighted by atomic mass is 35.5. The SMILES string of the molecule is O=C(Nc1cccc2cccnc12)c1cccc(Oc2ccc([N+](=O)[O-])cc2Cl)c1. The average molecular weight is 420 g/mol. The van der Waals surface area contributed by atoms with Gasteiger partial charge in [-0.3, -0.25) is 19.9 Å². The van der Waals surface area contributed by atoms with Crippen LogP contribution in [0.1, 0.15) is 10.4 Å². The number of hydrogen-bond donors (Lipinski definition) is 1. The first-order chi connectivity index (χ1) is 14.5. The molecule has 0 saturated carbocycles. The van der Waals surface area contributed by atoms with Crippen LogP contribution in [0, 0.1) is 10.1 Å². The van der Waals surface area contributed by atoms with Crippen molar-refractivity contribution in [3.05, 3.63) is 99.7 Å². The Kier molecular flexibility index (Phi) is 5.28. The van der Waals surface area contributed by atoms with E-state index in [1.807, 2.05) is 24.3 Å². The van der Waals surface area contributed by atoms with Crippen LogP contribution in [0.5, 0.6) is 11.5 Å². The number of nitrogens with one attached hydrogen (secondary N) is 1. The summed E-state index contributed by atoms with van der Waals surface area (Å²) in [6, 6.07) is 19.8. The predicted octanol–water partition coefficient (Wildman–Crippen LogP) is 5.84. The van der Waals surface area contributed by atoms with Gasteiger partial charge in [-0.2, -0.15) is 0 Å². The number of para-hydroxylation sites is 1. The van der Waals surface area contributed by atoms with Gasteiger partial charge in [0, 0.05) is 29.3 Å². The number of fused-ring (bicyclic) bond motifs is 1. The van der Waals surface area contributed by atoms with E-state index in [1.165, 1.54) is 18.2 Å². The van der Waals surface area contributed by atoms with E-state index in [4.69, 9.17) is 16.3 Å². The number of pyridine rings is 1. The van der Waals surface area contributed by atoms with E-state index in [9.17, 15) is 14.9 Å². The molecule has 1 heterocycles. The number of nitrogens with zero attached hydrogens (tertiary/aromatic N) is 2. The number of carbonyl (C=O) groups excluding carboxylic acids is 1. The normalized spacial score (nSPS) is 10.6. The number of aromatic nitrogens is 1. The fourth-order valence-electron chi connectivity index (χ4n) is 2.91. The van der Waals surface area contributed by atoms with Crippen molar-refractivity contribution in [1.82, 2.24) is 4.98 Å². The molecule has 1 aromatic heterocycles. The lowest BCUT2D eigenvalue weighted by Crippen LogP contribution is -2.12. The van der Waals surface area contributed by atoms with Crippen LogP contribution in [0.3, 0.4) is 0 Å². The van der Waals surface area contributed by atoms with E-state index in [0.717, 1.165) is 5.39 Å². The molecule has 0 bridgehead atoms. The lowest BCUT2D eigenvalue weighted by atomic mass is 10.1. The zero-order valence-electron chi connectivity index (χ0n) is 15.4. The van der Waals surface area contributed by atoms with Crippen molar-refractivity contribution >= 4 is 39.8 Å². The number of benzene rings is 3. The molecule has 7 nitrogen and oxygen atoms in total. The molecule has 30 heavy (non-hydrogen) atoms. The van der Waals surface area contributed by atoms with E-state index >= 15 is 0 Å². The van der Waals surface area contributed by atoms with Crippen LogP contribution in [0.2, 0.25) is 5.02 Å². The third kappa shape index (κ3) is 4.06. The third-order valence-electron chi connectivity index (χ3n) is 4.33. The van der Waals surface area contributed by atoms with Gasteiger partial charge in [0.25, 0.3) is 11.6 Å². The lowest BCUT2D eigenvalue weighted by Gasteiger charge is -2.10. The number of amides is 1. The highest BCUT2D eigenvalue weighted by Crippen LogP contribution is 2.32. The monoisotopic (exact) mass is 419 g/mol. The van der Waals surface area contributed by atoms with Gasteiger partial charge < -0.3 is 10.1 Å². The molecule has 0 aliphatic rings. The fourth-order valence-corrected chi connectivity index (χ4v) is 3.13. The minimum absolute atomic E-state index is 0.0980. The number of nitro benzene ring substituents is 1. The van der Waals surface area contributed by atoms with Crippen LogP contribution in [0.15, 0.2) is 79.0 Å². The van der Waals surface area contributed by atoms with Crippen LogP contribution < -0.4 is 10.1 Å². The molecule has 3 aromatic carbocycles. The topological polar surface area (TPSA) is 94.4 Å². The van der Waals surface area contributed by atoms with E-state index in [-0.39, 0.29) is 22.4 Å². The van der Waals surface area contributed by atoms with E-state index in [2.05, 4.69) is 10.3 Å². The minimum atomic E-state index is -0.539. The fraction of sp³-hybridized carbons (Fsp3) is 0. The van der Waals surface area contributed by atoms with Crippen molar-refractivity contribution in [2.75, 3.05) is 5.32 Å². The van der Waals surface area contributed by atoms with E-state index in [1.54, 1.807) is 36.5 Å². The number of halogens is 1. The zero-order chi connectivity index (χ0) is 21.1. The Morgan fingerprint density at radius 1 is 1.03 bits per heavy atom. The molecule has 4 rings (SSSR count). The highest BCUT2D eigenvalue weighted by molar-refractivity contribution is 6.32. The number of hydrogen-bond acceptors (Lipinski definition) is 5. The molecule has 0 fully saturated rings. The van der Waals surface area contributed by atoms with Gasteiger partial charge in [0.05, 0.1) is 21.2 Å². The first-order valence-corrected chi connectivity index (χ1v) is 9.26. The van der Waals surface area contributed by atoms with Crippen molar-refractivity contribution in [1.29, 1.82) is 0 Å². The molecule has 0 unspecified atom stereocenters. The van der Waals surface area contributed by atoms with Gasteiger partial charge in [-0.05, 0) is 36.4 Å². The molecular formula is C22H14ClN3O4. The summed E-state index contributed by atoms with van der Waals surface area (Å²) in [7, 11) is 0. The number of non-ortho nitro benzene ring substituents is 1. The smallest absolute Gasteiger partial charge is 0.271 e. The lowest BCUT2D eigenvalue weighted by molar-refractivity contribution is -0.384. The second-order valence-corrected chi connectivity index (χ2v) is 6.74. The molecule has 0 atom stereocenters. The Labute approximate surface area is 176 Å². The molecule has 1 N–H and O–H groups in total. The summed E-state index contributed by atoms with van der Waals surface area (Å²) in [5.41, 5.74) is 1.53. The van der Waals surface area contributed by atoms with E-state index in [0.29, 0.717) is 22.5 Å². The first-order valence-electron chi connectivity index (χ1n) is 8.88. The van der Waals surface area contributed by atoms with Gasteiger partial charge in [0.2, 0.25) is 0 Å². The first kappa shape index (κ1) is 19.4. The summed E-state index contributed by atoms with van der Waals surface area (Å²) in [5, 5.41) is 14.7. The maximum atomic E-state index is 12.8. The van der Waals surface area contributed by atoms with Crippen molar-refractivity contribution < 1.29 is 14.5 Å². The van der Waals surface area contributed by atoms with Crippen LogP contribution in [0.4, 0.5) is 11.4 Å². The molecule has 4 aromatic rings. The largest absolute Gasteiger partial charge is 0.456 e. The quantitative estimate of drug-likeness (QED) is 0.324. The number of nitro groups is 1. The number of rotatable bonds is 5. The summed E-state index contributed by atoms with van der Waals surface area (Å²) in [6.45, 7) is 0. The molecule has 0 aliphatic heterocycles. The Morgan fingerprint density at radius 2 is 1.83 bits per heavy atom. The van der Waals surface area contributed by atoms with Crippen molar-refractivity contribution in [2.45, 2.75) is 0 Å². The van der Waals surface area contributed by atoms with Crippen molar-refractivity contribution in [3.8, 4) is 11.5 Å². The Bertz CT molecular complexity index is 1270. The predicted molar refractivity (Wildman–Crippen MR) is 114 cm³/mol. The second kappa shape index (κ2) is 8.18. The van der Waals surface area contributed by atoms with Gasteiger partial charge in [0.1, 0.15) is 11.5 Å². The molecule has 148 valence electrons. The summed E-state index contributed by atoms with van der Waals surface area (Å²) in [4.78, 5) is 27.4. The van der Waals surface area contributed by atoms with Crippen molar-refractivity contribution in [2.24, 2.45) is 0 Å². The van der Waals surface area contributed by atoms with Crippen molar-refractivity contribution in [3.63, 3.8) is 0 Å². The van der Waals surface area contributed by atoms with Gasteiger partial charge in [0.15, 0.2) is 0 Å². The molecule has 0 spiro atoms. The summed E-state index contributed by atoms with van der Waals surface area (Å²) >= 11 is 6.07.